The van der Waals surface area contributed by atoms with E-state index in [1.54, 1.807) is 36.5 Å². The minimum atomic E-state index is -3.50. The van der Waals surface area contributed by atoms with Crippen molar-refractivity contribution in [2.45, 2.75) is 4.90 Å². The van der Waals surface area contributed by atoms with E-state index >= 15 is 0 Å². The Morgan fingerprint density at radius 2 is 1.72 bits per heavy atom. The molecule has 1 amide bonds. The second kappa shape index (κ2) is 7.30. The van der Waals surface area contributed by atoms with Crippen LogP contribution < -0.4 is 5.32 Å². The van der Waals surface area contributed by atoms with Gasteiger partial charge in [-0.15, -0.1) is 0 Å². The van der Waals surface area contributed by atoms with E-state index in [1.165, 1.54) is 16.4 Å². The highest BCUT2D eigenvalue weighted by atomic mass is 32.2. The summed E-state index contributed by atoms with van der Waals surface area (Å²) in [5.74, 6) is -0.338. The predicted molar refractivity (Wildman–Crippen MR) is 94.9 cm³/mol. The number of piperazine rings is 1. The van der Waals surface area contributed by atoms with E-state index in [4.69, 9.17) is 0 Å². The zero-order chi connectivity index (χ0) is 17.9. The maximum absolute atomic E-state index is 12.7. The quantitative estimate of drug-likeness (QED) is 0.888. The molecule has 1 aromatic carbocycles. The van der Waals surface area contributed by atoms with Crippen molar-refractivity contribution >= 4 is 21.6 Å². The van der Waals surface area contributed by atoms with Crippen molar-refractivity contribution in [2.75, 3.05) is 38.5 Å². The minimum Gasteiger partial charge on any atom is -0.321 e. The largest absolute Gasteiger partial charge is 0.321 e. The van der Waals surface area contributed by atoms with Crippen molar-refractivity contribution < 1.29 is 13.2 Å². The lowest BCUT2D eigenvalue weighted by Gasteiger charge is -2.31. The summed E-state index contributed by atoms with van der Waals surface area (Å²) in [6.07, 6.45) is 1.54. The van der Waals surface area contributed by atoms with E-state index in [1.807, 2.05) is 7.05 Å². The number of nitrogens with one attached hydrogen (secondary N) is 1. The number of rotatable bonds is 4. The van der Waals surface area contributed by atoms with Crippen LogP contribution in [0.25, 0.3) is 0 Å². The van der Waals surface area contributed by atoms with Gasteiger partial charge in [0.05, 0.1) is 4.90 Å². The molecule has 0 aliphatic carbocycles. The Morgan fingerprint density at radius 1 is 1.04 bits per heavy atom. The van der Waals surface area contributed by atoms with Gasteiger partial charge in [-0.2, -0.15) is 4.31 Å². The third-order valence-electron chi connectivity index (χ3n) is 4.11. The lowest BCUT2D eigenvalue weighted by molar-refractivity contribution is 0.102. The molecule has 25 heavy (non-hydrogen) atoms. The molecule has 0 unspecified atom stereocenters. The van der Waals surface area contributed by atoms with Gasteiger partial charge in [0, 0.05) is 38.1 Å². The number of carbonyl (C=O) groups is 1. The SMILES string of the molecule is CN1CCN(S(=O)(=O)c2ccc(NC(=O)c3ccccn3)cc2)CC1. The van der Waals surface area contributed by atoms with Gasteiger partial charge in [-0.1, -0.05) is 6.07 Å². The first-order valence-electron chi connectivity index (χ1n) is 7.98. The van der Waals surface area contributed by atoms with Crippen molar-refractivity contribution in [2.24, 2.45) is 0 Å². The topological polar surface area (TPSA) is 82.6 Å². The molecule has 0 spiro atoms. The molecule has 1 aliphatic heterocycles. The van der Waals surface area contributed by atoms with Gasteiger partial charge in [0.25, 0.3) is 5.91 Å². The maximum Gasteiger partial charge on any atom is 0.274 e. The first-order chi connectivity index (χ1) is 12.0. The van der Waals surface area contributed by atoms with Gasteiger partial charge in [0.1, 0.15) is 5.69 Å². The number of hydrogen-bond donors (Lipinski definition) is 1. The fourth-order valence-electron chi connectivity index (χ4n) is 2.58. The third kappa shape index (κ3) is 4.04. The van der Waals surface area contributed by atoms with Crippen LogP contribution in [0, 0.1) is 0 Å². The molecule has 1 aliphatic rings. The molecule has 0 bridgehead atoms. The third-order valence-corrected chi connectivity index (χ3v) is 6.02. The lowest BCUT2D eigenvalue weighted by Crippen LogP contribution is -2.46. The van der Waals surface area contributed by atoms with E-state index in [0.717, 1.165) is 13.1 Å². The summed E-state index contributed by atoms with van der Waals surface area (Å²) in [6.45, 7) is 2.41. The summed E-state index contributed by atoms with van der Waals surface area (Å²) in [7, 11) is -1.53. The van der Waals surface area contributed by atoms with E-state index in [0.29, 0.717) is 24.5 Å². The molecular weight excluding hydrogens is 340 g/mol. The van der Waals surface area contributed by atoms with Crippen LogP contribution in [0.2, 0.25) is 0 Å². The van der Waals surface area contributed by atoms with Crippen LogP contribution in [-0.4, -0.2) is 61.7 Å². The van der Waals surface area contributed by atoms with Gasteiger partial charge in [-0.25, -0.2) is 8.42 Å². The highest BCUT2D eigenvalue weighted by Crippen LogP contribution is 2.20. The molecular formula is C17H20N4O3S. The number of anilines is 1. The summed E-state index contributed by atoms with van der Waals surface area (Å²) in [6, 6.07) is 11.3. The standard InChI is InChI=1S/C17H20N4O3S/c1-20-10-12-21(13-11-20)25(23,24)15-7-5-14(6-8-15)19-17(22)16-4-2-3-9-18-16/h2-9H,10-13H2,1H3,(H,19,22). The summed E-state index contributed by atoms with van der Waals surface area (Å²) in [5.41, 5.74) is 0.824. The molecule has 1 saturated heterocycles. The number of aromatic nitrogens is 1. The summed E-state index contributed by atoms with van der Waals surface area (Å²) < 4.78 is 26.8. The summed E-state index contributed by atoms with van der Waals surface area (Å²) in [4.78, 5) is 18.4. The smallest absolute Gasteiger partial charge is 0.274 e. The average molecular weight is 360 g/mol. The number of nitrogens with zero attached hydrogens (tertiary/aromatic N) is 3. The van der Waals surface area contributed by atoms with Crippen LogP contribution in [0.15, 0.2) is 53.6 Å². The normalized spacial score (nSPS) is 16.5. The number of amides is 1. The van der Waals surface area contributed by atoms with Crippen molar-refractivity contribution in [1.82, 2.24) is 14.2 Å². The van der Waals surface area contributed by atoms with Gasteiger partial charge >= 0.3 is 0 Å². The van der Waals surface area contributed by atoms with E-state index in [9.17, 15) is 13.2 Å². The van der Waals surface area contributed by atoms with Crippen molar-refractivity contribution in [3.05, 3.63) is 54.4 Å². The fourth-order valence-corrected chi connectivity index (χ4v) is 4.00. The Bertz CT molecular complexity index is 830. The number of hydrogen-bond acceptors (Lipinski definition) is 5. The van der Waals surface area contributed by atoms with Crippen LogP contribution in [-0.2, 0) is 10.0 Å². The Hall–Kier alpha value is -2.29. The number of pyridine rings is 1. The van der Waals surface area contributed by atoms with Crippen LogP contribution in [0.1, 0.15) is 10.5 Å². The van der Waals surface area contributed by atoms with Crippen molar-refractivity contribution in [3.63, 3.8) is 0 Å². The highest BCUT2D eigenvalue weighted by molar-refractivity contribution is 7.89. The first kappa shape index (κ1) is 17.5. The van der Waals surface area contributed by atoms with Crippen LogP contribution in [0.4, 0.5) is 5.69 Å². The van der Waals surface area contributed by atoms with Crippen molar-refractivity contribution in [1.29, 1.82) is 0 Å². The van der Waals surface area contributed by atoms with Crippen LogP contribution >= 0.6 is 0 Å². The number of sulfonamides is 1. The Balaban J connectivity index is 1.70. The molecule has 3 rings (SSSR count). The zero-order valence-electron chi connectivity index (χ0n) is 13.9. The van der Waals surface area contributed by atoms with Gasteiger partial charge < -0.3 is 10.2 Å². The fraction of sp³-hybridized carbons (Fsp3) is 0.294. The maximum atomic E-state index is 12.7. The Labute approximate surface area is 147 Å². The van der Waals surface area contributed by atoms with E-state index in [2.05, 4.69) is 15.2 Å². The van der Waals surface area contributed by atoms with Crippen LogP contribution in [0.5, 0.6) is 0 Å². The molecule has 1 N–H and O–H groups in total. The Morgan fingerprint density at radius 3 is 2.32 bits per heavy atom. The predicted octanol–water partition coefficient (Wildman–Crippen LogP) is 1.27. The van der Waals surface area contributed by atoms with Gasteiger partial charge in [-0.3, -0.25) is 9.78 Å². The second-order valence-electron chi connectivity index (χ2n) is 5.90. The molecule has 1 aromatic heterocycles. The monoisotopic (exact) mass is 360 g/mol. The number of carbonyl (C=O) groups excluding carboxylic acids is 1. The van der Waals surface area contributed by atoms with E-state index < -0.39 is 10.0 Å². The van der Waals surface area contributed by atoms with Gasteiger partial charge in [0.2, 0.25) is 10.0 Å². The first-order valence-corrected chi connectivity index (χ1v) is 9.42. The molecule has 7 nitrogen and oxygen atoms in total. The van der Waals surface area contributed by atoms with Gasteiger partial charge in [-0.05, 0) is 43.4 Å². The number of likely N-dealkylation sites (N-methyl/N-ethyl adjacent to an activating group) is 1. The molecule has 1 fully saturated rings. The molecule has 0 radical (unpaired) electrons. The van der Waals surface area contributed by atoms with Crippen LogP contribution in [0.3, 0.4) is 0 Å². The molecule has 132 valence electrons. The lowest BCUT2D eigenvalue weighted by atomic mass is 10.3. The Kier molecular flexibility index (Phi) is 5.12. The molecule has 0 atom stereocenters. The molecule has 8 heteroatoms. The molecule has 0 saturated carbocycles. The zero-order valence-corrected chi connectivity index (χ0v) is 14.7. The average Bonchev–Trinajstić information content (AvgIpc) is 2.63. The summed E-state index contributed by atoms with van der Waals surface area (Å²) >= 11 is 0. The highest BCUT2D eigenvalue weighted by Gasteiger charge is 2.27. The number of benzene rings is 1. The van der Waals surface area contributed by atoms with E-state index in [-0.39, 0.29) is 10.8 Å². The summed E-state index contributed by atoms with van der Waals surface area (Å²) in [5, 5.41) is 2.71. The van der Waals surface area contributed by atoms with Gasteiger partial charge in [0.15, 0.2) is 0 Å². The second-order valence-corrected chi connectivity index (χ2v) is 7.84. The minimum absolute atomic E-state index is 0.230. The molecule has 2 heterocycles. The molecule has 2 aromatic rings. The van der Waals surface area contributed by atoms with Crippen molar-refractivity contribution in [3.8, 4) is 0 Å².